The van der Waals surface area contributed by atoms with Gasteiger partial charge in [0.2, 0.25) is 5.91 Å². The Bertz CT molecular complexity index is 599. The van der Waals surface area contributed by atoms with Gasteiger partial charge in [-0.05, 0) is 37.8 Å². The summed E-state index contributed by atoms with van der Waals surface area (Å²) in [5.74, 6) is 1.68. The molecule has 26 heavy (non-hydrogen) atoms. The summed E-state index contributed by atoms with van der Waals surface area (Å²) in [5, 5.41) is 3.31. The molecule has 0 radical (unpaired) electrons. The van der Waals surface area contributed by atoms with Gasteiger partial charge in [-0.3, -0.25) is 9.69 Å². The molecule has 0 unspecified atom stereocenters. The molecular formula is C21H33N3O2. The van der Waals surface area contributed by atoms with Gasteiger partial charge in [0.25, 0.3) is 0 Å². The number of piperazine rings is 1. The summed E-state index contributed by atoms with van der Waals surface area (Å²) in [7, 11) is 1.70. The van der Waals surface area contributed by atoms with E-state index in [2.05, 4.69) is 34.2 Å². The zero-order chi connectivity index (χ0) is 18.5. The van der Waals surface area contributed by atoms with E-state index < -0.39 is 0 Å². The van der Waals surface area contributed by atoms with Crippen molar-refractivity contribution in [3.63, 3.8) is 0 Å². The van der Waals surface area contributed by atoms with Crippen LogP contribution in [0.25, 0.3) is 0 Å². The molecule has 1 aromatic carbocycles. The minimum Gasteiger partial charge on any atom is -0.497 e. The molecule has 5 heteroatoms. The highest BCUT2D eigenvalue weighted by Gasteiger charge is 2.29. The number of nitrogens with zero attached hydrogens (tertiary/aromatic N) is 2. The molecule has 2 aliphatic rings. The van der Waals surface area contributed by atoms with Crippen molar-refractivity contribution in [2.75, 3.05) is 38.2 Å². The van der Waals surface area contributed by atoms with Crippen molar-refractivity contribution < 1.29 is 9.53 Å². The lowest BCUT2D eigenvalue weighted by Crippen LogP contribution is -2.55. The minimum absolute atomic E-state index is 0.0587. The van der Waals surface area contributed by atoms with Gasteiger partial charge in [0, 0.05) is 44.0 Å². The summed E-state index contributed by atoms with van der Waals surface area (Å²) in [6.07, 6.45) is 4.90. The Hall–Kier alpha value is -1.75. The molecule has 1 aliphatic heterocycles. The second-order valence-corrected chi connectivity index (χ2v) is 7.78. The maximum atomic E-state index is 12.7. The second-order valence-electron chi connectivity index (χ2n) is 7.78. The molecule has 0 aromatic heterocycles. The molecule has 144 valence electrons. The predicted molar refractivity (Wildman–Crippen MR) is 106 cm³/mol. The average molecular weight is 360 g/mol. The number of anilines is 1. The Morgan fingerprint density at radius 3 is 2.62 bits per heavy atom. The van der Waals surface area contributed by atoms with Crippen LogP contribution in [0.15, 0.2) is 24.3 Å². The fourth-order valence-electron chi connectivity index (χ4n) is 4.17. The minimum atomic E-state index is -0.0587. The fourth-order valence-corrected chi connectivity index (χ4v) is 4.17. The third-order valence-electron chi connectivity index (χ3n) is 6.10. The van der Waals surface area contributed by atoms with E-state index in [1.54, 1.807) is 7.11 Å². The highest BCUT2D eigenvalue weighted by Crippen LogP contribution is 2.25. The third-order valence-corrected chi connectivity index (χ3v) is 6.10. The highest BCUT2D eigenvalue weighted by molar-refractivity contribution is 5.81. The Kier molecular flexibility index (Phi) is 6.41. The van der Waals surface area contributed by atoms with Crippen molar-refractivity contribution in [3.8, 4) is 5.75 Å². The number of amides is 1. The standard InChI is InChI=1S/C21H33N3O2/c1-16-7-4-5-10-20(16)22-21(25)17(2)23-11-13-24(14-12-23)18-8-6-9-19(15-18)26-3/h6,8-9,15-17,20H,4-5,7,10-14H2,1-3H3,(H,22,25)/t16-,17+,20+/m0/s1. The smallest absolute Gasteiger partial charge is 0.237 e. The van der Waals surface area contributed by atoms with Gasteiger partial charge in [-0.1, -0.05) is 25.8 Å². The van der Waals surface area contributed by atoms with E-state index in [4.69, 9.17) is 4.74 Å². The summed E-state index contributed by atoms with van der Waals surface area (Å²) in [5.41, 5.74) is 1.19. The fraction of sp³-hybridized carbons (Fsp3) is 0.667. The zero-order valence-corrected chi connectivity index (χ0v) is 16.4. The van der Waals surface area contributed by atoms with E-state index in [9.17, 15) is 4.79 Å². The first-order valence-electron chi connectivity index (χ1n) is 10.0. The topological polar surface area (TPSA) is 44.8 Å². The Labute approximate surface area is 157 Å². The average Bonchev–Trinajstić information content (AvgIpc) is 2.69. The number of hydrogen-bond donors (Lipinski definition) is 1. The van der Waals surface area contributed by atoms with Crippen molar-refractivity contribution in [2.24, 2.45) is 5.92 Å². The largest absolute Gasteiger partial charge is 0.497 e. The number of ether oxygens (including phenoxy) is 1. The molecule has 1 aromatic rings. The maximum absolute atomic E-state index is 12.7. The first-order chi connectivity index (χ1) is 12.6. The van der Waals surface area contributed by atoms with Gasteiger partial charge in [-0.25, -0.2) is 0 Å². The van der Waals surface area contributed by atoms with Crippen molar-refractivity contribution in [1.29, 1.82) is 0 Å². The molecule has 3 rings (SSSR count). The van der Waals surface area contributed by atoms with Crippen LogP contribution in [-0.4, -0.2) is 56.2 Å². The molecule has 1 aliphatic carbocycles. The van der Waals surface area contributed by atoms with E-state index in [0.29, 0.717) is 12.0 Å². The summed E-state index contributed by atoms with van der Waals surface area (Å²) >= 11 is 0. The first-order valence-corrected chi connectivity index (χ1v) is 10.0. The lowest BCUT2D eigenvalue weighted by atomic mass is 9.86. The van der Waals surface area contributed by atoms with Crippen LogP contribution in [0.2, 0.25) is 0 Å². The Morgan fingerprint density at radius 1 is 1.19 bits per heavy atom. The third kappa shape index (κ3) is 4.50. The molecule has 3 atom stereocenters. The number of hydrogen-bond acceptors (Lipinski definition) is 4. The normalized spacial score (nSPS) is 25.6. The summed E-state index contributed by atoms with van der Waals surface area (Å²) in [6, 6.07) is 8.50. The molecule has 1 saturated carbocycles. The molecule has 2 fully saturated rings. The van der Waals surface area contributed by atoms with Crippen molar-refractivity contribution in [2.45, 2.75) is 51.6 Å². The Balaban J connectivity index is 1.51. The maximum Gasteiger partial charge on any atom is 0.237 e. The van der Waals surface area contributed by atoms with Gasteiger partial charge < -0.3 is 15.0 Å². The highest BCUT2D eigenvalue weighted by atomic mass is 16.5. The van der Waals surface area contributed by atoms with Gasteiger partial charge in [0.15, 0.2) is 0 Å². The van der Waals surface area contributed by atoms with Gasteiger partial charge in [0.1, 0.15) is 5.75 Å². The van der Waals surface area contributed by atoms with E-state index in [-0.39, 0.29) is 11.9 Å². The number of rotatable bonds is 5. The SMILES string of the molecule is COc1cccc(N2CCN([C@H](C)C(=O)N[C@@H]3CCCC[C@@H]3C)CC2)c1. The van der Waals surface area contributed by atoms with E-state index in [1.165, 1.54) is 24.9 Å². The van der Waals surface area contributed by atoms with E-state index in [0.717, 1.165) is 38.3 Å². The molecule has 0 spiro atoms. The van der Waals surface area contributed by atoms with Gasteiger partial charge in [-0.15, -0.1) is 0 Å². The first kappa shape index (κ1) is 19.0. The number of nitrogens with one attached hydrogen (secondary N) is 1. The summed E-state index contributed by atoms with van der Waals surface area (Å²) in [6.45, 7) is 8.00. The number of carbonyl (C=O) groups is 1. The molecule has 5 nitrogen and oxygen atoms in total. The number of benzene rings is 1. The monoisotopic (exact) mass is 359 g/mol. The lowest BCUT2D eigenvalue weighted by Gasteiger charge is -2.39. The summed E-state index contributed by atoms with van der Waals surface area (Å²) < 4.78 is 5.33. The molecular weight excluding hydrogens is 326 g/mol. The quantitative estimate of drug-likeness (QED) is 0.878. The molecule has 1 heterocycles. The van der Waals surface area contributed by atoms with Crippen LogP contribution in [0.5, 0.6) is 5.75 Å². The summed E-state index contributed by atoms with van der Waals surface area (Å²) in [4.78, 5) is 17.4. The molecule has 1 amide bonds. The van der Waals surface area contributed by atoms with Crippen molar-refractivity contribution in [1.82, 2.24) is 10.2 Å². The van der Waals surface area contributed by atoms with E-state index in [1.807, 2.05) is 19.1 Å². The van der Waals surface area contributed by atoms with Crippen molar-refractivity contribution in [3.05, 3.63) is 24.3 Å². The van der Waals surface area contributed by atoms with Crippen molar-refractivity contribution >= 4 is 11.6 Å². The Morgan fingerprint density at radius 2 is 1.92 bits per heavy atom. The van der Waals surface area contributed by atoms with Crippen LogP contribution in [-0.2, 0) is 4.79 Å². The van der Waals surface area contributed by atoms with Crippen LogP contribution in [0, 0.1) is 5.92 Å². The molecule has 0 bridgehead atoms. The van der Waals surface area contributed by atoms with Crippen LogP contribution >= 0.6 is 0 Å². The van der Waals surface area contributed by atoms with Gasteiger partial charge in [0.05, 0.1) is 13.2 Å². The van der Waals surface area contributed by atoms with E-state index >= 15 is 0 Å². The van der Waals surface area contributed by atoms with Crippen LogP contribution in [0.4, 0.5) is 5.69 Å². The van der Waals surface area contributed by atoms with Crippen LogP contribution in [0.3, 0.4) is 0 Å². The van der Waals surface area contributed by atoms with Crippen LogP contribution < -0.4 is 15.0 Å². The van der Waals surface area contributed by atoms with Gasteiger partial charge >= 0.3 is 0 Å². The molecule has 1 N–H and O–H groups in total. The molecule has 1 saturated heterocycles. The van der Waals surface area contributed by atoms with Crippen LogP contribution in [0.1, 0.15) is 39.5 Å². The lowest BCUT2D eigenvalue weighted by molar-refractivity contribution is -0.127. The second kappa shape index (κ2) is 8.76. The van der Waals surface area contributed by atoms with Gasteiger partial charge in [-0.2, -0.15) is 0 Å². The number of carbonyl (C=O) groups excluding carboxylic acids is 1. The zero-order valence-electron chi connectivity index (χ0n) is 16.4. The predicted octanol–water partition coefficient (Wildman–Crippen LogP) is 2.90. The number of methoxy groups -OCH3 is 1.